The topological polar surface area (TPSA) is 109 Å². The minimum atomic E-state index is -3.72. The number of nitrogens with one attached hydrogen (secondary N) is 2. The van der Waals surface area contributed by atoms with Gasteiger partial charge in [-0.1, -0.05) is 17.7 Å². The number of hydrogen-bond donors (Lipinski definition) is 2. The molecule has 0 saturated carbocycles. The maximum absolute atomic E-state index is 12.7. The first kappa shape index (κ1) is 22.6. The second-order valence-electron chi connectivity index (χ2n) is 7.99. The maximum atomic E-state index is 12.7. The fourth-order valence-corrected chi connectivity index (χ4v) is 5.89. The lowest BCUT2D eigenvalue weighted by molar-refractivity contribution is -0.122. The first-order chi connectivity index (χ1) is 16.4. The predicted molar refractivity (Wildman–Crippen MR) is 137 cm³/mol. The summed E-state index contributed by atoms with van der Waals surface area (Å²) in [7, 11) is -3.72. The number of benzene rings is 2. The Hall–Kier alpha value is -3.15. The molecule has 180 valence electrons. The van der Waals surface area contributed by atoms with E-state index in [2.05, 4.69) is 24.3 Å². The van der Waals surface area contributed by atoms with Gasteiger partial charge in [0, 0.05) is 55.9 Å². The molecule has 1 saturated heterocycles. The van der Waals surface area contributed by atoms with Gasteiger partial charge in [0.05, 0.1) is 4.90 Å². The van der Waals surface area contributed by atoms with E-state index in [-0.39, 0.29) is 31.4 Å². The molecule has 9 nitrogen and oxygen atoms in total. The Morgan fingerprint density at radius 1 is 1.21 bits per heavy atom. The van der Waals surface area contributed by atoms with Crippen molar-refractivity contribution in [3.8, 4) is 0 Å². The number of nitrogens with zero attached hydrogens (tertiary/aromatic N) is 4. The normalized spacial score (nSPS) is 16.1. The standard InChI is InChI=1S/C22H21ClN6O3S2.2H2/c23-16-2-1-15-7-9-29(20(15)11-16)13-21(30)26-17-8-10-28(12-17)18-3-5-19(6-4-18)34(31,32)27-22-24-14-25-33-22;;/h1-7,9,11,14,17H,8,10,12-13H2,(H,26,30)(H,24,25,27);2*1H/t17-;;/m0../s1. The molecule has 1 atom stereocenters. The van der Waals surface area contributed by atoms with Crippen LogP contribution in [0.3, 0.4) is 0 Å². The van der Waals surface area contributed by atoms with E-state index in [1.54, 1.807) is 24.3 Å². The maximum Gasteiger partial charge on any atom is 0.263 e. The Morgan fingerprint density at radius 3 is 2.79 bits per heavy atom. The lowest BCUT2D eigenvalue weighted by Crippen LogP contribution is -2.38. The minimum absolute atomic E-state index is 0. The molecule has 4 aromatic rings. The zero-order valence-electron chi connectivity index (χ0n) is 17.9. The highest BCUT2D eigenvalue weighted by atomic mass is 35.5. The van der Waals surface area contributed by atoms with Gasteiger partial charge in [0.15, 0.2) is 0 Å². The van der Waals surface area contributed by atoms with Crippen molar-refractivity contribution in [3.05, 3.63) is 66.1 Å². The number of aromatic nitrogens is 3. The first-order valence-electron chi connectivity index (χ1n) is 10.6. The molecular weight excluding hydrogens is 496 g/mol. The molecule has 1 amide bonds. The number of hydrogen-bond acceptors (Lipinski definition) is 7. The van der Waals surface area contributed by atoms with Gasteiger partial charge in [-0.3, -0.25) is 9.52 Å². The largest absolute Gasteiger partial charge is 0.369 e. The number of carbonyl (C=O) groups excluding carboxylic acids is 1. The van der Waals surface area contributed by atoms with Gasteiger partial charge in [0.1, 0.15) is 12.9 Å². The van der Waals surface area contributed by atoms with Crippen molar-refractivity contribution in [1.82, 2.24) is 19.2 Å². The van der Waals surface area contributed by atoms with E-state index in [0.717, 1.165) is 41.1 Å². The van der Waals surface area contributed by atoms with E-state index < -0.39 is 10.0 Å². The molecule has 0 radical (unpaired) electrons. The predicted octanol–water partition coefficient (Wildman–Crippen LogP) is 3.83. The first-order valence-corrected chi connectivity index (χ1v) is 13.2. The fraction of sp³-hybridized carbons (Fsp3) is 0.227. The summed E-state index contributed by atoms with van der Waals surface area (Å²) in [6.07, 6.45) is 3.99. The van der Waals surface area contributed by atoms with E-state index in [1.165, 1.54) is 6.33 Å². The number of sulfonamides is 1. The molecule has 2 N–H and O–H groups in total. The highest BCUT2D eigenvalue weighted by Crippen LogP contribution is 2.24. The van der Waals surface area contributed by atoms with Crippen molar-refractivity contribution in [1.29, 1.82) is 0 Å². The highest BCUT2D eigenvalue weighted by molar-refractivity contribution is 7.93. The molecular formula is C22H25ClN6O3S2. The second kappa shape index (κ2) is 9.24. The van der Waals surface area contributed by atoms with Crippen molar-refractivity contribution in [2.75, 3.05) is 22.7 Å². The minimum Gasteiger partial charge on any atom is -0.369 e. The van der Waals surface area contributed by atoms with Gasteiger partial charge >= 0.3 is 0 Å². The van der Waals surface area contributed by atoms with E-state index in [1.807, 2.05) is 35.0 Å². The monoisotopic (exact) mass is 520 g/mol. The third-order valence-electron chi connectivity index (χ3n) is 5.70. The van der Waals surface area contributed by atoms with Crippen LogP contribution in [-0.4, -0.2) is 47.4 Å². The van der Waals surface area contributed by atoms with Gasteiger partial charge in [0.25, 0.3) is 10.0 Å². The molecule has 1 fully saturated rings. The van der Waals surface area contributed by atoms with E-state index in [9.17, 15) is 13.2 Å². The van der Waals surface area contributed by atoms with Crippen LogP contribution in [0.15, 0.2) is 66.0 Å². The van der Waals surface area contributed by atoms with E-state index in [0.29, 0.717) is 11.6 Å². The number of anilines is 2. The van der Waals surface area contributed by atoms with Crippen LogP contribution in [0, 0.1) is 0 Å². The Labute approximate surface area is 208 Å². The van der Waals surface area contributed by atoms with Gasteiger partial charge in [-0.05, 0) is 54.3 Å². The van der Waals surface area contributed by atoms with Crippen molar-refractivity contribution >= 4 is 60.8 Å². The quantitative estimate of drug-likeness (QED) is 0.383. The molecule has 0 aliphatic carbocycles. The third-order valence-corrected chi connectivity index (χ3v) is 8.00. The summed E-state index contributed by atoms with van der Waals surface area (Å²) in [5.74, 6) is -0.0616. The summed E-state index contributed by atoms with van der Waals surface area (Å²) in [5, 5.41) is 4.99. The molecule has 0 unspecified atom stereocenters. The zero-order chi connectivity index (χ0) is 23.7. The highest BCUT2D eigenvalue weighted by Gasteiger charge is 2.25. The molecule has 1 aliphatic rings. The van der Waals surface area contributed by atoms with Crippen LogP contribution in [0.25, 0.3) is 10.9 Å². The lowest BCUT2D eigenvalue weighted by Gasteiger charge is -2.19. The Balaban J connectivity index is 0.00000180. The molecule has 2 aromatic carbocycles. The van der Waals surface area contributed by atoms with Gasteiger partial charge < -0.3 is 14.8 Å². The average molecular weight is 521 g/mol. The summed E-state index contributed by atoms with van der Waals surface area (Å²) in [6, 6.07) is 14.3. The lowest BCUT2D eigenvalue weighted by atomic mass is 10.2. The average Bonchev–Trinajstić information content (AvgIpc) is 3.56. The molecule has 0 spiro atoms. The Bertz CT molecular complexity index is 1430. The number of carbonyl (C=O) groups is 1. The summed E-state index contributed by atoms with van der Waals surface area (Å²) in [4.78, 5) is 18.8. The number of rotatable bonds is 7. The Morgan fingerprint density at radius 2 is 2.03 bits per heavy atom. The van der Waals surface area contributed by atoms with Crippen molar-refractivity contribution < 1.29 is 16.1 Å². The SMILES string of the molecule is O=C(Cn1ccc2ccc(Cl)cc21)N[C@H]1CCN(c2ccc(S(=O)(=O)Nc3ncns3)cc2)C1.[HH].[HH]. The van der Waals surface area contributed by atoms with Crippen LogP contribution in [-0.2, 0) is 21.4 Å². The molecule has 5 rings (SSSR count). The van der Waals surface area contributed by atoms with E-state index >= 15 is 0 Å². The number of amides is 1. The fourth-order valence-electron chi connectivity index (χ4n) is 4.06. The van der Waals surface area contributed by atoms with Crippen LogP contribution in [0.2, 0.25) is 5.02 Å². The van der Waals surface area contributed by atoms with Crippen LogP contribution < -0.4 is 14.9 Å². The van der Waals surface area contributed by atoms with Crippen molar-refractivity contribution in [2.24, 2.45) is 0 Å². The van der Waals surface area contributed by atoms with Crippen LogP contribution in [0.5, 0.6) is 0 Å². The molecule has 1 aliphatic heterocycles. The van der Waals surface area contributed by atoms with Gasteiger partial charge in [-0.15, -0.1) is 0 Å². The summed E-state index contributed by atoms with van der Waals surface area (Å²) >= 11 is 7.07. The summed E-state index contributed by atoms with van der Waals surface area (Å²) < 4.78 is 33.1. The smallest absolute Gasteiger partial charge is 0.263 e. The third kappa shape index (κ3) is 4.86. The number of halogens is 1. The zero-order valence-corrected chi connectivity index (χ0v) is 20.3. The van der Waals surface area contributed by atoms with Crippen LogP contribution in [0.1, 0.15) is 9.27 Å². The van der Waals surface area contributed by atoms with Crippen LogP contribution in [0.4, 0.5) is 10.8 Å². The van der Waals surface area contributed by atoms with Gasteiger partial charge in [-0.25, -0.2) is 13.4 Å². The van der Waals surface area contributed by atoms with Gasteiger partial charge in [-0.2, -0.15) is 4.37 Å². The molecule has 0 bridgehead atoms. The van der Waals surface area contributed by atoms with E-state index in [4.69, 9.17) is 11.6 Å². The number of fused-ring (bicyclic) bond motifs is 1. The summed E-state index contributed by atoms with van der Waals surface area (Å²) in [5.41, 5.74) is 1.82. The van der Waals surface area contributed by atoms with Gasteiger partial charge in [0.2, 0.25) is 11.0 Å². The summed E-state index contributed by atoms with van der Waals surface area (Å²) in [6.45, 7) is 1.63. The molecule has 34 heavy (non-hydrogen) atoms. The molecule has 2 aromatic heterocycles. The van der Waals surface area contributed by atoms with Crippen molar-refractivity contribution in [3.63, 3.8) is 0 Å². The molecule has 12 heteroatoms. The van der Waals surface area contributed by atoms with Crippen LogP contribution >= 0.6 is 23.1 Å². The van der Waals surface area contributed by atoms with Crippen molar-refractivity contribution in [2.45, 2.75) is 23.9 Å². The Kier molecular flexibility index (Phi) is 6.15. The second-order valence-corrected chi connectivity index (χ2v) is 10.9. The molecule has 3 heterocycles.